The van der Waals surface area contributed by atoms with Gasteiger partial charge in [-0.15, -0.1) is 0 Å². The van der Waals surface area contributed by atoms with Crippen LogP contribution in [0.3, 0.4) is 0 Å². The first kappa shape index (κ1) is 13.1. The van der Waals surface area contributed by atoms with Crippen molar-refractivity contribution in [1.82, 2.24) is 15.2 Å². The van der Waals surface area contributed by atoms with E-state index < -0.39 is 4.92 Å². The van der Waals surface area contributed by atoms with Crippen molar-refractivity contribution < 1.29 is 9.72 Å². The molecule has 2 saturated heterocycles. The smallest absolute Gasteiger partial charge is 0.287 e. The zero-order chi connectivity index (χ0) is 14.3. The molecule has 0 radical (unpaired) electrons. The van der Waals surface area contributed by atoms with Gasteiger partial charge in [-0.3, -0.25) is 14.9 Å². The van der Waals surface area contributed by atoms with E-state index >= 15 is 0 Å². The SMILES string of the molecule is Cn1cc([N+](=O)[O-])cc1C(=O)NC1CC2CCC(C1)N2. The lowest BCUT2D eigenvalue weighted by atomic mass is 10.00. The molecule has 2 N–H and O–H groups in total. The highest BCUT2D eigenvalue weighted by molar-refractivity contribution is 5.93. The van der Waals surface area contributed by atoms with E-state index in [2.05, 4.69) is 10.6 Å². The van der Waals surface area contributed by atoms with Crippen LogP contribution in [0.4, 0.5) is 5.69 Å². The summed E-state index contributed by atoms with van der Waals surface area (Å²) >= 11 is 0. The van der Waals surface area contributed by atoms with E-state index in [0.717, 1.165) is 12.8 Å². The van der Waals surface area contributed by atoms with Crippen molar-refractivity contribution in [2.45, 2.75) is 43.8 Å². The van der Waals surface area contributed by atoms with Gasteiger partial charge in [0.05, 0.1) is 11.1 Å². The third kappa shape index (κ3) is 2.40. The quantitative estimate of drug-likeness (QED) is 0.636. The van der Waals surface area contributed by atoms with Gasteiger partial charge in [0.15, 0.2) is 0 Å². The second-order valence-corrected chi connectivity index (χ2v) is 5.73. The molecule has 2 atom stereocenters. The number of aromatic nitrogens is 1. The minimum absolute atomic E-state index is 0.0527. The van der Waals surface area contributed by atoms with Crippen LogP contribution in [0.1, 0.15) is 36.2 Å². The third-order valence-corrected chi connectivity index (χ3v) is 4.24. The number of carbonyl (C=O) groups is 1. The molecule has 2 aliphatic rings. The van der Waals surface area contributed by atoms with Crippen LogP contribution < -0.4 is 10.6 Å². The van der Waals surface area contributed by atoms with Crippen LogP contribution in [-0.4, -0.2) is 33.5 Å². The van der Waals surface area contributed by atoms with Gasteiger partial charge in [0.2, 0.25) is 0 Å². The number of carbonyl (C=O) groups excluding carboxylic acids is 1. The van der Waals surface area contributed by atoms with Crippen LogP contribution in [0.5, 0.6) is 0 Å². The number of nitro groups is 1. The normalized spacial score (nSPS) is 28.4. The average molecular weight is 278 g/mol. The number of rotatable bonds is 3. The molecule has 7 nitrogen and oxygen atoms in total. The summed E-state index contributed by atoms with van der Waals surface area (Å²) in [4.78, 5) is 22.5. The van der Waals surface area contributed by atoms with Crippen LogP contribution >= 0.6 is 0 Å². The monoisotopic (exact) mass is 278 g/mol. The standard InChI is InChI=1S/C13H18N4O3/c1-16-7-11(17(19)20)6-12(16)13(18)15-10-4-8-2-3-9(5-10)14-8/h6-10,14H,2-5H2,1H3,(H,15,18). The molecule has 0 saturated carbocycles. The number of piperidine rings is 1. The highest BCUT2D eigenvalue weighted by Crippen LogP contribution is 2.27. The van der Waals surface area contributed by atoms with E-state index in [4.69, 9.17) is 0 Å². The maximum Gasteiger partial charge on any atom is 0.287 e. The molecule has 7 heteroatoms. The Morgan fingerprint density at radius 2 is 2.10 bits per heavy atom. The first-order valence-electron chi connectivity index (χ1n) is 6.90. The Labute approximate surface area is 116 Å². The first-order chi connectivity index (χ1) is 9.52. The molecule has 3 heterocycles. The van der Waals surface area contributed by atoms with Gasteiger partial charge in [-0.05, 0) is 25.7 Å². The van der Waals surface area contributed by atoms with Gasteiger partial charge >= 0.3 is 0 Å². The predicted octanol–water partition coefficient (Wildman–Crippen LogP) is 0.946. The number of nitrogens with zero attached hydrogens (tertiary/aromatic N) is 2. The Balaban J connectivity index is 1.68. The maximum absolute atomic E-state index is 12.2. The van der Waals surface area contributed by atoms with Crippen molar-refractivity contribution >= 4 is 11.6 Å². The fourth-order valence-electron chi connectivity index (χ4n) is 3.31. The summed E-state index contributed by atoms with van der Waals surface area (Å²) in [5, 5.41) is 17.3. The zero-order valence-electron chi connectivity index (χ0n) is 11.3. The minimum atomic E-state index is -0.485. The van der Waals surface area contributed by atoms with Crippen LogP contribution in [0, 0.1) is 10.1 Å². The van der Waals surface area contributed by atoms with E-state index in [1.807, 2.05) is 0 Å². The Bertz CT molecular complexity index is 542. The molecule has 1 amide bonds. The fourth-order valence-corrected chi connectivity index (χ4v) is 3.31. The predicted molar refractivity (Wildman–Crippen MR) is 72.5 cm³/mol. The van der Waals surface area contributed by atoms with Gasteiger partial charge in [0.25, 0.3) is 11.6 Å². The van der Waals surface area contributed by atoms with Gasteiger partial charge in [-0.1, -0.05) is 0 Å². The summed E-state index contributed by atoms with van der Waals surface area (Å²) in [6.45, 7) is 0. The van der Waals surface area contributed by atoms with Gasteiger partial charge in [0.1, 0.15) is 5.69 Å². The van der Waals surface area contributed by atoms with E-state index in [1.54, 1.807) is 7.05 Å². The molecule has 1 aromatic heterocycles. The van der Waals surface area contributed by atoms with Crippen molar-refractivity contribution in [1.29, 1.82) is 0 Å². The highest BCUT2D eigenvalue weighted by atomic mass is 16.6. The summed E-state index contributed by atoms with van der Waals surface area (Å²) in [6.07, 6.45) is 5.59. The topological polar surface area (TPSA) is 89.2 Å². The largest absolute Gasteiger partial charge is 0.348 e. The number of aryl methyl sites for hydroxylation is 1. The van der Waals surface area contributed by atoms with E-state index in [0.29, 0.717) is 17.8 Å². The lowest BCUT2D eigenvalue weighted by molar-refractivity contribution is -0.384. The molecule has 0 aromatic carbocycles. The first-order valence-corrected chi connectivity index (χ1v) is 6.90. The van der Waals surface area contributed by atoms with Gasteiger partial charge < -0.3 is 15.2 Å². The Kier molecular flexibility index (Phi) is 3.21. The van der Waals surface area contributed by atoms with Crippen molar-refractivity contribution in [2.24, 2.45) is 7.05 Å². The van der Waals surface area contributed by atoms with Crippen LogP contribution in [-0.2, 0) is 7.05 Å². The summed E-state index contributed by atoms with van der Waals surface area (Å²) in [6, 6.07) is 2.49. The lowest BCUT2D eigenvalue weighted by Crippen LogP contribution is -2.48. The molecule has 2 fully saturated rings. The summed E-state index contributed by atoms with van der Waals surface area (Å²) in [7, 11) is 1.65. The molecule has 20 heavy (non-hydrogen) atoms. The van der Waals surface area contributed by atoms with E-state index in [-0.39, 0.29) is 17.6 Å². The lowest BCUT2D eigenvalue weighted by Gasteiger charge is -2.29. The fraction of sp³-hybridized carbons (Fsp3) is 0.615. The second kappa shape index (κ2) is 4.90. The van der Waals surface area contributed by atoms with Crippen LogP contribution in [0.2, 0.25) is 0 Å². The van der Waals surface area contributed by atoms with Crippen molar-refractivity contribution in [3.05, 3.63) is 28.1 Å². The van der Waals surface area contributed by atoms with E-state index in [1.165, 1.54) is 29.7 Å². The zero-order valence-corrected chi connectivity index (χ0v) is 11.3. The summed E-state index contributed by atoms with van der Waals surface area (Å²) < 4.78 is 1.50. The minimum Gasteiger partial charge on any atom is -0.348 e. The molecule has 0 aliphatic carbocycles. The molecule has 2 bridgehead atoms. The Morgan fingerprint density at radius 1 is 1.45 bits per heavy atom. The van der Waals surface area contributed by atoms with Crippen molar-refractivity contribution in [2.75, 3.05) is 0 Å². The van der Waals surface area contributed by atoms with Crippen molar-refractivity contribution in [3.63, 3.8) is 0 Å². The molecule has 3 rings (SSSR count). The molecular weight excluding hydrogens is 260 g/mol. The third-order valence-electron chi connectivity index (χ3n) is 4.24. The molecule has 0 spiro atoms. The number of fused-ring (bicyclic) bond motifs is 2. The summed E-state index contributed by atoms with van der Waals surface area (Å²) in [5.41, 5.74) is 0.283. The molecular formula is C13H18N4O3. The van der Waals surface area contributed by atoms with Gasteiger partial charge in [-0.25, -0.2) is 0 Å². The van der Waals surface area contributed by atoms with Gasteiger partial charge in [0, 0.05) is 31.2 Å². The van der Waals surface area contributed by atoms with Crippen LogP contribution in [0.15, 0.2) is 12.3 Å². The molecule has 2 aliphatic heterocycles. The number of nitrogens with one attached hydrogen (secondary N) is 2. The Morgan fingerprint density at radius 3 is 2.65 bits per heavy atom. The second-order valence-electron chi connectivity index (χ2n) is 5.73. The average Bonchev–Trinajstić information content (AvgIpc) is 2.93. The molecule has 108 valence electrons. The Hall–Kier alpha value is -1.89. The van der Waals surface area contributed by atoms with E-state index in [9.17, 15) is 14.9 Å². The van der Waals surface area contributed by atoms with Gasteiger partial charge in [-0.2, -0.15) is 0 Å². The number of amides is 1. The number of hydrogen-bond acceptors (Lipinski definition) is 4. The molecule has 1 aromatic rings. The number of hydrogen-bond donors (Lipinski definition) is 2. The van der Waals surface area contributed by atoms with Crippen LogP contribution in [0.25, 0.3) is 0 Å². The maximum atomic E-state index is 12.2. The van der Waals surface area contributed by atoms with Crippen molar-refractivity contribution in [3.8, 4) is 0 Å². The summed E-state index contributed by atoms with van der Waals surface area (Å²) in [5.74, 6) is -0.230. The highest BCUT2D eigenvalue weighted by Gasteiger charge is 2.34. The molecule has 2 unspecified atom stereocenters.